The summed E-state index contributed by atoms with van der Waals surface area (Å²) in [5.41, 5.74) is 3.56. The molecule has 96 valence electrons. The number of fused-ring (bicyclic) bond motifs is 1. The number of aryl methyl sites for hydroxylation is 3. The van der Waals surface area contributed by atoms with Gasteiger partial charge in [-0.15, -0.1) is 0 Å². The number of hydrogen-bond donors (Lipinski definition) is 1. The van der Waals surface area contributed by atoms with E-state index in [-0.39, 0.29) is 0 Å². The SMILES string of the molecule is Cc1ccc2c(C(C)(C)C(=O)O)cn(C)c2c1C. The molecule has 0 saturated heterocycles. The topological polar surface area (TPSA) is 42.2 Å². The highest BCUT2D eigenvalue weighted by atomic mass is 16.4. The molecule has 0 atom stereocenters. The van der Waals surface area contributed by atoms with Gasteiger partial charge in [-0.25, -0.2) is 0 Å². The number of aliphatic carboxylic acids is 1. The van der Waals surface area contributed by atoms with Gasteiger partial charge in [0.05, 0.1) is 10.9 Å². The fourth-order valence-electron chi connectivity index (χ4n) is 2.41. The number of nitrogens with zero attached hydrogens (tertiary/aromatic N) is 1. The van der Waals surface area contributed by atoms with Crippen LogP contribution in [0, 0.1) is 13.8 Å². The lowest BCUT2D eigenvalue weighted by molar-refractivity contribution is -0.142. The van der Waals surface area contributed by atoms with Crippen LogP contribution in [0.25, 0.3) is 10.9 Å². The van der Waals surface area contributed by atoms with Gasteiger partial charge < -0.3 is 9.67 Å². The van der Waals surface area contributed by atoms with E-state index in [1.54, 1.807) is 13.8 Å². The van der Waals surface area contributed by atoms with Gasteiger partial charge in [0.25, 0.3) is 0 Å². The van der Waals surface area contributed by atoms with Crippen molar-refractivity contribution >= 4 is 16.9 Å². The molecule has 0 aliphatic heterocycles. The Kier molecular flexibility index (Phi) is 2.73. The largest absolute Gasteiger partial charge is 0.481 e. The number of benzene rings is 1. The summed E-state index contributed by atoms with van der Waals surface area (Å²) in [5, 5.41) is 10.4. The molecule has 1 heterocycles. The molecule has 0 fully saturated rings. The Morgan fingerprint density at radius 2 is 1.89 bits per heavy atom. The van der Waals surface area contributed by atoms with E-state index in [2.05, 4.69) is 19.9 Å². The zero-order valence-electron chi connectivity index (χ0n) is 11.5. The first-order chi connectivity index (χ1) is 8.26. The zero-order chi connectivity index (χ0) is 13.7. The van der Waals surface area contributed by atoms with Crippen LogP contribution >= 0.6 is 0 Å². The van der Waals surface area contributed by atoms with Crippen LogP contribution in [0.2, 0.25) is 0 Å². The quantitative estimate of drug-likeness (QED) is 0.883. The number of aromatic nitrogens is 1. The average molecular weight is 245 g/mol. The molecule has 0 amide bonds. The third-order valence-electron chi connectivity index (χ3n) is 3.88. The van der Waals surface area contributed by atoms with Crippen LogP contribution in [0.5, 0.6) is 0 Å². The maximum absolute atomic E-state index is 11.4. The van der Waals surface area contributed by atoms with Gasteiger partial charge in [0, 0.05) is 18.6 Å². The standard InChI is InChI=1S/C15H19NO2/c1-9-6-7-11-12(15(3,4)14(17)18)8-16(5)13(11)10(9)2/h6-8H,1-5H3,(H,17,18). The van der Waals surface area contributed by atoms with Crippen LogP contribution in [0.15, 0.2) is 18.3 Å². The molecule has 0 saturated carbocycles. The average Bonchev–Trinajstić information content (AvgIpc) is 2.62. The van der Waals surface area contributed by atoms with Gasteiger partial charge in [-0.2, -0.15) is 0 Å². The monoisotopic (exact) mass is 245 g/mol. The first-order valence-corrected chi connectivity index (χ1v) is 6.06. The minimum absolute atomic E-state index is 0.798. The molecular weight excluding hydrogens is 226 g/mol. The predicted octanol–water partition coefficient (Wildman–Crippen LogP) is 3.16. The van der Waals surface area contributed by atoms with E-state index in [0.717, 1.165) is 16.5 Å². The van der Waals surface area contributed by atoms with Crippen molar-refractivity contribution in [1.82, 2.24) is 4.57 Å². The number of carboxylic acids is 1. The molecule has 1 aromatic carbocycles. The summed E-state index contributed by atoms with van der Waals surface area (Å²) < 4.78 is 2.03. The molecule has 0 radical (unpaired) electrons. The molecule has 18 heavy (non-hydrogen) atoms. The van der Waals surface area contributed by atoms with Crippen LogP contribution < -0.4 is 0 Å². The maximum atomic E-state index is 11.4. The summed E-state index contributed by atoms with van der Waals surface area (Å²) in [7, 11) is 1.97. The van der Waals surface area contributed by atoms with Crippen molar-refractivity contribution in [3.8, 4) is 0 Å². The second kappa shape index (κ2) is 3.87. The number of rotatable bonds is 2. The Balaban J connectivity index is 2.84. The lowest BCUT2D eigenvalue weighted by Crippen LogP contribution is -2.28. The van der Waals surface area contributed by atoms with Crippen molar-refractivity contribution in [2.24, 2.45) is 7.05 Å². The van der Waals surface area contributed by atoms with Gasteiger partial charge in [-0.1, -0.05) is 12.1 Å². The molecule has 3 nitrogen and oxygen atoms in total. The Morgan fingerprint density at radius 1 is 1.28 bits per heavy atom. The molecule has 0 aliphatic rings. The van der Waals surface area contributed by atoms with Crippen molar-refractivity contribution in [3.05, 3.63) is 35.0 Å². The first-order valence-electron chi connectivity index (χ1n) is 6.06. The third-order valence-corrected chi connectivity index (χ3v) is 3.88. The van der Waals surface area contributed by atoms with Crippen molar-refractivity contribution in [1.29, 1.82) is 0 Å². The lowest BCUT2D eigenvalue weighted by atomic mass is 9.84. The Morgan fingerprint density at radius 3 is 2.44 bits per heavy atom. The second-order valence-corrected chi connectivity index (χ2v) is 5.49. The fraction of sp³-hybridized carbons (Fsp3) is 0.400. The van der Waals surface area contributed by atoms with E-state index >= 15 is 0 Å². The molecule has 2 rings (SSSR count). The highest BCUT2D eigenvalue weighted by molar-refractivity contribution is 5.93. The lowest BCUT2D eigenvalue weighted by Gasteiger charge is -2.18. The summed E-state index contributed by atoms with van der Waals surface area (Å²) in [5.74, 6) is -0.798. The molecule has 0 aliphatic carbocycles. The van der Waals surface area contributed by atoms with Gasteiger partial charge >= 0.3 is 5.97 Å². The van der Waals surface area contributed by atoms with Gasteiger partial charge in [0.1, 0.15) is 0 Å². The van der Waals surface area contributed by atoms with Gasteiger partial charge in [-0.3, -0.25) is 4.79 Å². The molecule has 2 aromatic rings. The highest BCUT2D eigenvalue weighted by Gasteiger charge is 2.32. The van der Waals surface area contributed by atoms with Crippen LogP contribution in [0.3, 0.4) is 0 Å². The summed E-state index contributed by atoms with van der Waals surface area (Å²) in [6.07, 6.45) is 1.94. The summed E-state index contributed by atoms with van der Waals surface area (Å²) in [6.45, 7) is 7.65. The molecule has 3 heteroatoms. The van der Waals surface area contributed by atoms with Crippen LogP contribution in [-0.2, 0) is 17.3 Å². The summed E-state index contributed by atoms with van der Waals surface area (Å²) in [6, 6.07) is 4.08. The normalized spacial score (nSPS) is 12.1. The van der Waals surface area contributed by atoms with Gasteiger partial charge in [0.15, 0.2) is 0 Å². The van der Waals surface area contributed by atoms with Crippen molar-refractivity contribution < 1.29 is 9.90 Å². The molecular formula is C15H19NO2. The van der Waals surface area contributed by atoms with Crippen LogP contribution in [-0.4, -0.2) is 15.6 Å². The molecule has 0 spiro atoms. The van der Waals surface area contributed by atoms with E-state index in [9.17, 15) is 9.90 Å². The summed E-state index contributed by atoms with van der Waals surface area (Å²) >= 11 is 0. The Bertz CT molecular complexity index is 635. The predicted molar refractivity (Wildman–Crippen MR) is 73.1 cm³/mol. The van der Waals surface area contributed by atoms with Gasteiger partial charge in [-0.05, 0) is 44.4 Å². The van der Waals surface area contributed by atoms with Crippen molar-refractivity contribution in [2.75, 3.05) is 0 Å². The Labute approximate surface area is 107 Å². The molecule has 0 bridgehead atoms. The van der Waals surface area contributed by atoms with Gasteiger partial charge in [0.2, 0.25) is 0 Å². The molecule has 0 unspecified atom stereocenters. The Hall–Kier alpha value is -1.77. The molecule has 1 N–H and O–H groups in total. The smallest absolute Gasteiger partial charge is 0.313 e. The summed E-state index contributed by atoms with van der Waals surface area (Å²) in [4.78, 5) is 11.4. The minimum Gasteiger partial charge on any atom is -0.481 e. The zero-order valence-corrected chi connectivity index (χ0v) is 11.5. The number of carboxylic acid groups (broad SMARTS) is 1. The van der Waals surface area contributed by atoms with E-state index in [0.29, 0.717) is 0 Å². The maximum Gasteiger partial charge on any atom is 0.313 e. The van der Waals surface area contributed by atoms with Crippen molar-refractivity contribution in [3.63, 3.8) is 0 Å². The number of hydrogen-bond acceptors (Lipinski definition) is 1. The first kappa shape index (κ1) is 12.7. The van der Waals surface area contributed by atoms with E-state index in [1.807, 2.05) is 23.9 Å². The number of carbonyl (C=O) groups is 1. The van der Waals surface area contributed by atoms with E-state index in [4.69, 9.17) is 0 Å². The van der Waals surface area contributed by atoms with Crippen LogP contribution in [0.1, 0.15) is 30.5 Å². The molecule has 1 aromatic heterocycles. The van der Waals surface area contributed by atoms with Crippen molar-refractivity contribution in [2.45, 2.75) is 33.1 Å². The minimum atomic E-state index is -0.874. The highest BCUT2D eigenvalue weighted by Crippen LogP contribution is 2.34. The van der Waals surface area contributed by atoms with E-state index in [1.165, 1.54) is 11.1 Å². The fourth-order valence-corrected chi connectivity index (χ4v) is 2.41. The van der Waals surface area contributed by atoms with Crippen LogP contribution in [0.4, 0.5) is 0 Å². The van der Waals surface area contributed by atoms with E-state index < -0.39 is 11.4 Å². The second-order valence-electron chi connectivity index (χ2n) is 5.49. The third kappa shape index (κ3) is 1.62.